The number of ether oxygens (including phenoxy) is 1. The van der Waals surface area contributed by atoms with E-state index in [4.69, 9.17) is 4.74 Å². The van der Waals surface area contributed by atoms with Crippen molar-refractivity contribution in [1.82, 2.24) is 14.8 Å². The molecule has 3 saturated heterocycles. The average Bonchev–Trinajstić information content (AvgIpc) is 3.15. The van der Waals surface area contributed by atoms with Crippen LogP contribution in [0.25, 0.3) is 0 Å². The molecule has 0 saturated carbocycles. The average molecular weight is 301 g/mol. The lowest BCUT2D eigenvalue weighted by Gasteiger charge is -2.32. The molecule has 2 atom stereocenters. The Labute approximate surface area is 131 Å². The van der Waals surface area contributed by atoms with Crippen LogP contribution in [0.2, 0.25) is 0 Å². The highest BCUT2D eigenvalue weighted by molar-refractivity contribution is 5.94. The van der Waals surface area contributed by atoms with Gasteiger partial charge in [0, 0.05) is 57.8 Å². The molecule has 22 heavy (non-hydrogen) atoms. The summed E-state index contributed by atoms with van der Waals surface area (Å²) in [6.45, 7) is 5.90. The van der Waals surface area contributed by atoms with E-state index >= 15 is 0 Å². The molecule has 1 aromatic heterocycles. The molecule has 0 aromatic carbocycles. The molecule has 3 aliphatic heterocycles. The zero-order valence-electron chi connectivity index (χ0n) is 12.9. The first-order chi connectivity index (χ1) is 10.8. The molecule has 0 radical (unpaired) electrons. The van der Waals surface area contributed by atoms with Crippen LogP contribution in [0.1, 0.15) is 23.2 Å². The molecule has 0 aliphatic carbocycles. The monoisotopic (exact) mass is 301 g/mol. The highest BCUT2D eigenvalue weighted by atomic mass is 16.5. The maximum atomic E-state index is 12.5. The van der Waals surface area contributed by atoms with Crippen LogP contribution >= 0.6 is 0 Å². The molecule has 3 aliphatic rings. The number of amides is 1. The Hall–Kier alpha value is -1.46. The normalized spacial score (nSPS) is 29.7. The van der Waals surface area contributed by atoms with Crippen molar-refractivity contribution in [3.05, 3.63) is 30.1 Å². The number of hydrogen-bond acceptors (Lipinski definition) is 4. The Bertz CT molecular complexity index is 516. The Morgan fingerprint density at radius 3 is 2.50 bits per heavy atom. The van der Waals surface area contributed by atoms with Crippen LogP contribution in [-0.4, -0.2) is 66.1 Å². The van der Waals surface area contributed by atoms with Crippen molar-refractivity contribution in [3.63, 3.8) is 0 Å². The SMILES string of the molecule is O=C(c1cccnc1)N1C[C@@H]2CN(C3CCOCC3)C[C@@H]2C1. The van der Waals surface area contributed by atoms with Crippen LogP contribution in [0.5, 0.6) is 0 Å². The number of hydrogen-bond donors (Lipinski definition) is 0. The van der Waals surface area contributed by atoms with Crippen molar-refractivity contribution in [2.24, 2.45) is 11.8 Å². The highest BCUT2D eigenvalue weighted by Crippen LogP contribution is 2.34. The third kappa shape index (κ3) is 2.63. The topological polar surface area (TPSA) is 45.7 Å². The summed E-state index contributed by atoms with van der Waals surface area (Å²) in [5.41, 5.74) is 0.712. The lowest BCUT2D eigenvalue weighted by molar-refractivity contribution is 0.0382. The molecule has 0 N–H and O–H groups in total. The fourth-order valence-electron chi connectivity index (χ4n) is 4.22. The van der Waals surface area contributed by atoms with Crippen LogP contribution in [0, 0.1) is 11.8 Å². The van der Waals surface area contributed by atoms with Crippen LogP contribution < -0.4 is 0 Å². The minimum Gasteiger partial charge on any atom is -0.381 e. The zero-order valence-corrected chi connectivity index (χ0v) is 12.9. The number of pyridine rings is 1. The van der Waals surface area contributed by atoms with Crippen LogP contribution in [0.3, 0.4) is 0 Å². The van der Waals surface area contributed by atoms with Gasteiger partial charge in [-0.15, -0.1) is 0 Å². The molecule has 5 nitrogen and oxygen atoms in total. The summed E-state index contributed by atoms with van der Waals surface area (Å²) < 4.78 is 5.47. The van der Waals surface area contributed by atoms with Crippen LogP contribution in [0.15, 0.2) is 24.5 Å². The number of aromatic nitrogens is 1. The van der Waals surface area contributed by atoms with Crippen molar-refractivity contribution in [1.29, 1.82) is 0 Å². The molecule has 5 heteroatoms. The molecule has 0 spiro atoms. The number of likely N-dealkylation sites (tertiary alicyclic amines) is 2. The third-order valence-corrected chi connectivity index (χ3v) is 5.42. The summed E-state index contributed by atoms with van der Waals surface area (Å²) in [7, 11) is 0. The van der Waals surface area contributed by atoms with Crippen molar-refractivity contribution in [2.45, 2.75) is 18.9 Å². The van der Waals surface area contributed by atoms with E-state index in [9.17, 15) is 4.79 Å². The highest BCUT2D eigenvalue weighted by Gasteiger charge is 2.43. The van der Waals surface area contributed by atoms with Crippen molar-refractivity contribution >= 4 is 5.91 Å². The largest absolute Gasteiger partial charge is 0.381 e. The Morgan fingerprint density at radius 1 is 1.14 bits per heavy atom. The summed E-state index contributed by atoms with van der Waals surface area (Å²) in [5.74, 6) is 1.42. The van der Waals surface area contributed by atoms with Gasteiger partial charge in [0.15, 0.2) is 0 Å². The number of fused-ring (bicyclic) bond motifs is 1. The third-order valence-electron chi connectivity index (χ3n) is 5.42. The Morgan fingerprint density at radius 2 is 1.86 bits per heavy atom. The molecule has 1 aromatic rings. The summed E-state index contributed by atoms with van der Waals surface area (Å²) in [5, 5.41) is 0. The second-order valence-corrected chi connectivity index (χ2v) is 6.77. The molecule has 3 fully saturated rings. The lowest BCUT2D eigenvalue weighted by Crippen LogP contribution is -2.40. The van der Waals surface area contributed by atoms with E-state index in [1.54, 1.807) is 12.4 Å². The van der Waals surface area contributed by atoms with E-state index in [0.717, 1.165) is 52.2 Å². The van der Waals surface area contributed by atoms with Gasteiger partial charge in [0.05, 0.1) is 5.56 Å². The van der Waals surface area contributed by atoms with E-state index < -0.39 is 0 Å². The first-order valence-electron chi connectivity index (χ1n) is 8.32. The van der Waals surface area contributed by atoms with Gasteiger partial charge in [0.25, 0.3) is 5.91 Å². The molecule has 4 rings (SSSR count). The van der Waals surface area contributed by atoms with Gasteiger partial charge >= 0.3 is 0 Å². The van der Waals surface area contributed by atoms with E-state index in [0.29, 0.717) is 23.4 Å². The van der Waals surface area contributed by atoms with Gasteiger partial charge in [0.1, 0.15) is 0 Å². The fraction of sp³-hybridized carbons (Fsp3) is 0.647. The van der Waals surface area contributed by atoms with Crippen molar-refractivity contribution in [2.75, 3.05) is 39.4 Å². The van der Waals surface area contributed by atoms with Gasteiger partial charge in [-0.25, -0.2) is 0 Å². The molecule has 1 amide bonds. The summed E-state index contributed by atoms with van der Waals surface area (Å²) in [4.78, 5) is 21.2. The Balaban J connectivity index is 1.36. The molecule has 0 bridgehead atoms. The van der Waals surface area contributed by atoms with Crippen LogP contribution in [-0.2, 0) is 4.74 Å². The summed E-state index contributed by atoms with van der Waals surface area (Å²) in [6, 6.07) is 4.39. The van der Waals surface area contributed by atoms with Crippen LogP contribution in [0.4, 0.5) is 0 Å². The van der Waals surface area contributed by atoms with Gasteiger partial charge in [-0.05, 0) is 36.8 Å². The van der Waals surface area contributed by atoms with Gasteiger partial charge in [-0.3, -0.25) is 14.7 Å². The van der Waals surface area contributed by atoms with E-state index in [2.05, 4.69) is 9.88 Å². The zero-order chi connectivity index (χ0) is 14.9. The predicted molar refractivity (Wildman–Crippen MR) is 82.5 cm³/mol. The maximum Gasteiger partial charge on any atom is 0.255 e. The Kier molecular flexibility index (Phi) is 3.84. The number of carbonyl (C=O) groups excluding carboxylic acids is 1. The second-order valence-electron chi connectivity index (χ2n) is 6.77. The van der Waals surface area contributed by atoms with Crippen molar-refractivity contribution in [3.8, 4) is 0 Å². The first-order valence-corrected chi connectivity index (χ1v) is 8.32. The number of nitrogens with zero attached hydrogens (tertiary/aromatic N) is 3. The van der Waals surface area contributed by atoms with Gasteiger partial charge in [-0.2, -0.15) is 0 Å². The van der Waals surface area contributed by atoms with Gasteiger partial charge < -0.3 is 9.64 Å². The van der Waals surface area contributed by atoms with E-state index in [1.165, 1.54) is 0 Å². The molecule has 0 unspecified atom stereocenters. The van der Waals surface area contributed by atoms with Crippen molar-refractivity contribution < 1.29 is 9.53 Å². The van der Waals surface area contributed by atoms with Gasteiger partial charge in [0.2, 0.25) is 0 Å². The smallest absolute Gasteiger partial charge is 0.255 e. The number of rotatable bonds is 2. The standard InChI is InChI=1S/C17H23N3O2/c21-17(13-2-1-5-18-8-13)20-11-14-9-19(10-15(14)12-20)16-3-6-22-7-4-16/h1-2,5,8,14-16H,3-4,6-7,9-12H2/t14-,15+. The summed E-state index contributed by atoms with van der Waals surface area (Å²) >= 11 is 0. The molecule has 118 valence electrons. The summed E-state index contributed by atoms with van der Waals surface area (Å²) in [6.07, 6.45) is 5.71. The van der Waals surface area contributed by atoms with E-state index in [1.807, 2.05) is 17.0 Å². The van der Waals surface area contributed by atoms with Gasteiger partial charge in [-0.1, -0.05) is 0 Å². The number of carbonyl (C=O) groups is 1. The maximum absolute atomic E-state index is 12.5. The lowest BCUT2D eigenvalue weighted by atomic mass is 10.0. The molecule has 4 heterocycles. The predicted octanol–water partition coefficient (Wildman–Crippen LogP) is 1.26. The fourth-order valence-corrected chi connectivity index (χ4v) is 4.22. The quantitative estimate of drug-likeness (QED) is 0.825. The minimum absolute atomic E-state index is 0.139. The second kappa shape index (κ2) is 5.97. The molecular weight excluding hydrogens is 278 g/mol. The first kappa shape index (κ1) is 14.2. The molecular formula is C17H23N3O2. The van der Waals surface area contributed by atoms with E-state index in [-0.39, 0.29) is 5.91 Å². The minimum atomic E-state index is 0.139.